The molecule has 0 saturated heterocycles. The number of aliphatic hydroxyl groups is 3. The van der Waals surface area contributed by atoms with Crippen LogP contribution in [0.5, 0.6) is 5.75 Å². The van der Waals surface area contributed by atoms with Crippen LogP contribution in [0.2, 0.25) is 0 Å². The molecule has 11 heteroatoms. The summed E-state index contributed by atoms with van der Waals surface area (Å²) in [5.74, 6) is -10.4. The fourth-order valence-electron chi connectivity index (χ4n) is 6.60. The first-order chi connectivity index (χ1) is 19.7. The number of aromatic hydroxyl groups is 1. The van der Waals surface area contributed by atoms with Crippen molar-refractivity contribution in [3.05, 3.63) is 81.1 Å². The van der Waals surface area contributed by atoms with Gasteiger partial charge in [-0.05, 0) is 43.0 Å². The van der Waals surface area contributed by atoms with Crippen molar-refractivity contribution < 1.29 is 49.1 Å². The zero-order valence-corrected chi connectivity index (χ0v) is 23.0. The van der Waals surface area contributed by atoms with Crippen LogP contribution in [0.1, 0.15) is 58.8 Å². The van der Waals surface area contributed by atoms with Crippen molar-refractivity contribution in [2.45, 2.75) is 51.2 Å². The van der Waals surface area contributed by atoms with Crippen LogP contribution in [0.15, 0.2) is 53.3 Å². The standard InChI is InChI=1S/C31H29NO10/c1-12-7-8-15(17(9-12)14(3)33)10-21(36)42-27-18-11-20(35)24(30(32)40)28(38)31(18,41)29(39)25-22(27)13(2)16-5-4-6-19(34)23(16)26(25)37/h4-9,13,18,22,27,34,37-38,41H,10-11H2,1-3H3,(H2,32,40)/t13-,18+,22+,27+,31+/m0/s1. The molecule has 5 rings (SSSR count). The Morgan fingerprint density at radius 3 is 2.43 bits per heavy atom. The third-order valence-corrected chi connectivity index (χ3v) is 8.58. The second-order valence-electron chi connectivity index (χ2n) is 11.1. The maximum absolute atomic E-state index is 14.0. The predicted molar refractivity (Wildman–Crippen MR) is 146 cm³/mol. The molecule has 42 heavy (non-hydrogen) atoms. The number of esters is 1. The van der Waals surface area contributed by atoms with E-state index in [9.17, 15) is 44.4 Å². The van der Waals surface area contributed by atoms with Crippen molar-refractivity contribution in [2.75, 3.05) is 0 Å². The highest BCUT2D eigenvalue weighted by atomic mass is 16.5. The Hall–Kier alpha value is -4.77. The molecule has 2 aromatic rings. The maximum Gasteiger partial charge on any atom is 0.310 e. The quantitative estimate of drug-likeness (QED) is 0.200. The van der Waals surface area contributed by atoms with Gasteiger partial charge < -0.3 is 30.9 Å². The summed E-state index contributed by atoms with van der Waals surface area (Å²) in [6, 6.07) is 9.38. The summed E-state index contributed by atoms with van der Waals surface area (Å²) in [6.07, 6.45) is -2.54. The molecule has 3 aliphatic rings. The first kappa shape index (κ1) is 28.7. The Kier molecular flexibility index (Phi) is 6.81. The van der Waals surface area contributed by atoms with Gasteiger partial charge in [0.25, 0.3) is 5.91 Å². The van der Waals surface area contributed by atoms with E-state index < -0.39 is 82.0 Å². The minimum absolute atomic E-state index is 0.0760. The summed E-state index contributed by atoms with van der Waals surface area (Å²) in [5, 5.41) is 44.6. The predicted octanol–water partition coefficient (Wildman–Crippen LogP) is 2.26. The van der Waals surface area contributed by atoms with Crippen molar-refractivity contribution in [2.24, 2.45) is 17.6 Å². The summed E-state index contributed by atoms with van der Waals surface area (Å²) >= 11 is 0. The third kappa shape index (κ3) is 4.11. The number of ketones is 3. The van der Waals surface area contributed by atoms with Crippen LogP contribution in [0, 0.1) is 18.8 Å². The molecule has 0 unspecified atom stereocenters. The number of phenols is 1. The molecule has 1 amide bonds. The second kappa shape index (κ2) is 9.95. The Bertz CT molecular complexity index is 1670. The lowest BCUT2D eigenvalue weighted by Crippen LogP contribution is -2.64. The molecule has 1 fully saturated rings. The average molecular weight is 576 g/mol. The number of carbonyl (C=O) groups excluding carboxylic acids is 5. The number of ether oxygens (including phenoxy) is 1. The van der Waals surface area contributed by atoms with Crippen molar-refractivity contribution in [1.82, 2.24) is 0 Å². The monoisotopic (exact) mass is 575 g/mol. The fraction of sp³-hybridized carbons (Fsp3) is 0.323. The van der Waals surface area contributed by atoms with Gasteiger partial charge in [-0.2, -0.15) is 0 Å². The number of hydrogen-bond acceptors (Lipinski definition) is 10. The van der Waals surface area contributed by atoms with Gasteiger partial charge in [-0.15, -0.1) is 0 Å². The smallest absolute Gasteiger partial charge is 0.310 e. The van der Waals surface area contributed by atoms with E-state index in [2.05, 4.69) is 0 Å². The molecule has 5 atom stereocenters. The normalized spacial score (nSPS) is 26.8. The van der Waals surface area contributed by atoms with Crippen molar-refractivity contribution in [1.29, 1.82) is 0 Å². The molecule has 0 radical (unpaired) electrons. The number of nitrogens with two attached hydrogens (primary N) is 1. The number of amides is 1. The number of hydrogen-bond donors (Lipinski definition) is 5. The summed E-state index contributed by atoms with van der Waals surface area (Å²) in [5.41, 5.74) is 2.71. The van der Waals surface area contributed by atoms with Crippen LogP contribution >= 0.6 is 0 Å². The first-order valence-electron chi connectivity index (χ1n) is 13.3. The molecule has 218 valence electrons. The average Bonchev–Trinajstić information content (AvgIpc) is 2.91. The molecule has 1 saturated carbocycles. The number of phenolic OH excluding ortho intramolecular Hbond substituents is 1. The largest absolute Gasteiger partial charge is 0.508 e. The highest BCUT2D eigenvalue weighted by Crippen LogP contribution is 2.56. The van der Waals surface area contributed by atoms with E-state index in [-0.39, 0.29) is 23.5 Å². The number of benzene rings is 2. The van der Waals surface area contributed by atoms with Gasteiger partial charge in [-0.3, -0.25) is 24.0 Å². The lowest BCUT2D eigenvalue weighted by molar-refractivity contribution is -0.178. The number of fused-ring (bicyclic) bond motifs is 3. The summed E-state index contributed by atoms with van der Waals surface area (Å²) in [4.78, 5) is 64.6. The van der Waals surface area contributed by atoms with E-state index in [0.29, 0.717) is 16.7 Å². The Balaban J connectivity index is 1.68. The second-order valence-corrected chi connectivity index (χ2v) is 11.1. The zero-order valence-electron chi connectivity index (χ0n) is 23.0. The fourth-order valence-corrected chi connectivity index (χ4v) is 6.60. The van der Waals surface area contributed by atoms with Gasteiger partial charge in [0.2, 0.25) is 5.78 Å². The summed E-state index contributed by atoms with van der Waals surface area (Å²) < 4.78 is 5.90. The molecule has 0 bridgehead atoms. The van der Waals surface area contributed by atoms with E-state index in [0.717, 1.165) is 5.56 Å². The highest BCUT2D eigenvalue weighted by molar-refractivity contribution is 6.23. The molecule has 6 N–H and O–H groups in total. The summed E-state index contributed by atoms with van der Waals surface area (Å²) in [7, 11) is 0. The molecule has 0 aromatic heterocycles. The Labute approximate surface area is 239 Å². The Morgan fingerprint density at radius 1 is 1.10 bits per heavy atom. The molecule has 2 aromatic carbocycles. The SMILES string of the molecule is CC(=O)c1cc(C)ccc1CC(=O)O[C@H]1[C@H]2C(=C(O)c3c(O)cccc3[C@@H]2C)C(=O)[C@]2(O)C(O)=C(C(N)=O)C(=O)C[C@H]12. The van der Waals surface area contributed by atoms with Crippen molar-refractivity contribution >= 4 is 35.0 Å². The zero-order chi connectivity index (χ0) is 30.8. The molecule has 0 heterocycles. The molecular formula is C31H29NO10. The molecule has 3 aliphatic carbocycles. The molecule has 0 spiro atoms. The van der Waals surface area contributed by atoms with Gasteiger partial charge in [0, 0.05) is 29.4 Å². The molecule has 0 aliphatic heterocycles. The van der Waals surface area contributed by atoms with Crippen LogP contribution in [0.25, 0.3) is 5.76 Å². The van der Waals surface area contributed by atoms with Gasteiger partial charge in [-0.1, -0.05) is 36.8 Å². The van der Waals surface area contributed by atoms with Gasteiger partial charge in [0.1, 0.15) is 28.9 Å². The van der Waals surface area contributed by atoms with Crippen LogP contribution in [0.4, 0.5) is 0 Å². The Morgan fingerprint density at radius 2 is 1.79 bits per heavy atom. The van der Waals surface area contributed by atoms with Crippen LogP contribution < -0.4 is 5.73 Å². The van der Waals surface area contributed by atoms with E-state index in [1.54, 1.807) is 38.1 Å². The van der Waals surface area contributed by atoms with Crippen molar-refractivity contribution in [3.8, 4) is 5.75 Å². The van der Waals surface area contributed by atoms with E-state index in [1.165, 1.54) is 19.1 Å². The minimum atomic E-state index is -2.96. The lowest BCUT2D eigenvalue weighted by atomic mass is 9.55. The molecule has 11 nitrogen and oxygen atoms in total. The first-order valence-corrected chi connectivity index (χ1v) is 13.3. The highest BCUT2D eigenvalue weighted by Gasteiger charge is 2.66. The minimum Gasteiger partial charge on any atom is -0.508 e. The van der Waals surface area contributed by atoms with E-state index in [1.807, 2.05) is 0 Å². The third-order valence-electron chi connectivity index (χ3n) is 8.58. The molecular weight excluding hydrogens is 546 g/mol. The number of Topliss-reactive ketones (excluding diaryl/α,β-unsaturated/α-hetero) is 3. The van der Waals surface area contributed by atoms with E-state index >= 15 is 0 Å². The van der Waals surface area contributed by atoms with Crippen LogP contribution in [0.3, 0.4) is 0 Å². The van der Waals surface area contributed by atoms with Crippen molar-refractivity contribution in [3.63, 3.8) is 0 Å². The van der Waals surface area contributed by atoms with Gasteiger partial charge in [0.05, 0.1) is 12.0 Å². The number of aryl methyl sites for hydroxylation is 1. The maximum atomic E-state index is 14.0. The summed E-state index contributed by atoms with van der Waals surface area (Å²) in [6.45, 7) is 4.80. The van der Waals surface area contributed by atoms with Gasteiger partial charge in [-0.25, -0.2) is 0 Å². The number of rotatable bonds is 5. The number of aliphatic hydroxyl groups excluding tert-OH is 2. The topological polar surface area (TPSA) is 202 Å². The van der Waals surface area contributed by atoms with Crippen LogP contribution in [-0.4, -0.2) is 61.4 Å². The van der Waals surface area contributed by atoms with E-state index in [4.69, 9.17) is 10.5 Å². The number of carbonyl (C=O) groups is 5. The van der Waals surface area contributed by atoms with Crippen LogP contribution in [-0.2, 0) is 30.3 Å². The lowest BCUT2D eigenvalue weighted by Gasteiger charge is -2.51. The number of primary amides is 1. The van der Waals surface area contributed by atoms with Gasteiger partial charge in [0.15, 0.2) is 17.2 Å². The van der Waals surface area contributed by atoms with Gasteiger partial charge >= 0.3 is 5.97 Å².